The third-order valence-corrected chi connectivity index (χ3v) is 6.60. The summed E-state index contributed by atoms with van der Waals surface area (Å²) < 4.78 is 28.6. The molecule has 1 amide bonds. The lowest BCUT2D eigenvalue weighted by Crippen LogP contribution is -2.59. The first-order valence-electron chi connectivity index (χ1n) is 6.36. The maximum absolute atomic E-state index is 12.6. The zero-order valence-corrected chi connectivity index (χ0v) is 12.6. The molecule has 0 saturated carbocycles. The van der Waals surface area contributed by atoms with Gasteiger partial charge in [0.15, 0.2) is 21.3 Å². The number of esters is 1. The van der Waals surface area contributed by atoms with Gasteiger partial charge >= 0.3 is 5.97 Å². The van der Waals surface area contributed by atoms with Crippen LogP contribution in [0.3, 0.4) is 0 Å². The van der Waals surface area contributed by atoms with Crippen LogP contribution in [0.1, 0.15) is 13.8 Å². The molecule has 8 heteroatoms. The van der Waals surface area contributed by atoms with Crippen LogP contribution in [0, 0.1) is 0 Å². The molecule has 2 saturated heterocycles. The number of rotatable bonds is 4. The van der Waals surface area contributed by atoms with Crippen molar-refractivity contribution in [3.63, 3.8) is 0 Å². The van der Waals surface area contributed by atoms with Crippen LogP contribution in [-0.4, -0.2) is 59.7 Å². The average Bonchev–Trinajstić information content (AvgIpc) is 2.55. The molecule has 2 rings (SSSR count). The summed E-state index contributed by atoms with van der Waals surface area (Å²) in [7, 11) is -3.79. The van der Waals surface area contributed by atoms with Crippen molar-refractivity contribution < 1.29 is 27.9 Å². The summed E-state index contributed by atoms with van der Waals surface area (Å²) >= 11 is 0. The summed E-state index contributed by atoms with van der Waals surface area (Å²) in [5.74, 6) is -1.34. The highest BCUT2D eigenvalue weighted by atomic mass is 32.2. The molecule has 2 atom stereocenters. The van der Waals surface area contributed by atoms with E-state index in [-0.39, 0.29) is 12.2 Å². The molecule has 7 nitrogen and oxygen atoms in total. The zero-order chi connectivity index (χ0) is 16.0. The molecule has 0 spiro atoms. The maximum Gasteiger partial charge on any atom is 0.330 e. The number of aliphatic hydroxyl groups excluding tert-OH is 1. The second-order valence-electron chi connectivity index (χ2n) is 5.38. The molecule has 2 aliphatic heterocycles. The number of carbonyl (C=O) groups is 2. The molecule has 116 valence electrons. The largest absolute Gasteiger partial charge is 0.460 e. The molecular formula is C13H17NO6S. The third-order valence-electron chi connectivity index (χ3n) is 3.84. The van der Waals surface area contributed by atoms with Crippen LogP contribution in [0.25, 0.3) is 0 Å². The van der Waals surface area contributed by atoms with Crippen LogP contribution >= 0.6 is 0 Å². The monoisotopic (exact) mass is 315 g/mol. The van der Waals surface area contributed by atoms with Crippen molar-refractivity contribution >= 4 is 21.7 Å². The Hall–Kier alpha value is -1.67. The Morgan fingerprint density at radius 3 is 2.67 bits per heavy atom. The van der Waals surface area contributed by atoms with Crippen LogP contribution in [0.2, 0.25) is 0 Å². The predicted octanol–water partition coefficient (Wildman–Crippen LogP) is -0.622. The topological polar surface area (TPSA) is 101 Å². The lowest BCUT2D eigenvalue weighted by molar-refractivity contribution is -0.156. The Labute approximate surface area is 122 Å². The Morgan fingerprint density at radius 2 is 2.14 bits per heavy atom. The van der Waals surface area contributed by atoms with Crippen LogP contribution in [0.5, 0.6) is 0 Å². The van der Waals surface area contributed by atoms with E-state index in [2.05, 4.69) is 6.58 Å². The quantitative estimate of drug-likeness (QED) is 0.321. The number of aliphatic hydroxyl groups is 1. The highest BCUT2D eigenvalue weighted by Gasteiger charge is 2.70. The van der Waals surface area contributed by atoms with E-state index >= 15 is 0 Å². The van der Waals surface area contributed by atoms with Gasteiger partial charge in [0.1, 0.15) is 11.4 Å². The number of hydrogen-bond acceptors (Lipinski definition) is 6. The number of hydrogen-bond donors (Lipinski definition) is 1. The van der Waals surface area contributed by atoms with Gasteiger partial charge in [-0.1, -0.05) is 12.7 Å². The highest BCUT2D eigenvalue weighted by molar-refractivity contribution is 7.94. The van der Waals surface area contributed by atoms with Crippen molar-refractivity contribution in [3.05, 3.63) is 24.3 Å². The highest BCUT2D eigenvalue weighted by Crippen LogP contribution is 2.48. The Balaban J connectivity index is 2.45. The van der Waals surface area contributed by atoms with E-state index in [1.165, 1.54) is 19.9 Å². The van der Waals surface area contributed by atoms with Gasteiger partial charge in [-0.3, -0.25) is 4.79 Å². The Bertz CT molecular complexity index is 633. The summed E-state index contributed by atoms with van der Waals surface area (Å²) in [4.78, 5) is 25.2. The molecule has 0 unspecified atom stereocenters. The van der Waals surface area contributed by atoms with E-state index in [1.54, 1.807) is 0 Å². The van der Waals surface area contributed by atoms with Gasteiger partial charge in [0.2, 0.25) is 0 Å². The number of sulfone groups is 1. The van der Waals surface area contributed by atoms with Crippen molar-refractivity contribution in [2.24, 2.45) is 0 Å². The molecular weight excluding hydrogens is 298 g/mol. The zero-order valence-electron chi connectivity index (χ0n) is 11.8. The number of ether oxygens (including phenoxy) is 1. The Morgan fingerprint density at radius 1 is 1.52 bits per heavy atom. The molecule has 0 radical (unpaired) electrons. The van der Waals surface area contributed by atoms with Crippen molar-refractivity contribution in [2.45, 2.75) is 30.0 Å². The van der Waals surface area contributed by atoms with Crippen LogP contribution < -0.4 is 0 Å². The van der Waals surface area contributed by atoms with E-state index in [4.69, 9.17) is 9.84 Å². The van der Waals surface area contributed by atoms with Gasteiger partial charge in [0.25, 0.3) is 5.91 Å². The van der Waals surface area contributed by atoms with Crippen molar-refractivity contribution in [3.8, 4) is 0 Å². The van der Waals surface area contributed by atoms with Gasteiger partial charge in [-0.25, -0.2) is 13.2 Å². The lowest BCUT2D eigenvalue weighted by Gasteiger charge is -2.38. The van der Waals surface area contributed by atoms with Gasteiger partial charge in [-0.05, 0) is 19.9 Å². The minimum atomic E-state index is -3.79. The number of fused-ring (bicyclic) bond motifs is 1. The van der Waals surface area contributed by atoms with E-state index < -0.39 is 44.5 Å². The first-order valence-corrected chi connectivity index (χ1v) is 7.91. The summed E-state index contributed by atoms with van der Waals surface area (Å²) in [6.07, 6.45) is 2.52. The first kappa shape index (κ1) is 15.7. The number of amides is 1. The molecule has 0 aromatic carbocycles. The fourth-order valence-corrected chi connectivity index (χ4v) is 4.84. The average molecular weight is 315 g/mol. The van der Waals surface area contributed by atoms with Gasteiger partial charge in [0.05, 0.1) is 12.2 Å². The second kappa shape index (κ2) is 4.96. The van der Waals surface area contributed by atoms with Crippen molar-refractivity contribution in [1.29, 1.82) is 0 Å². The first-order chi connectivity index (χ1) is 9.71. The molecule has 2 aliphatic rings. The standard InChI is InChI=1S/C13H17NO6S/c1-4-7-20-12(17)9-13(2,3)21(18,19)11-8(5-6-15)10(16)14(9)11/h4-5,9,11,15H,1,6-7H2,2-3H3/b8-5+/t9-,11+/m0/s1. The maximum atomic E-state index is 12.6. The van der Waals surface area contributed by atoms with Crippen LogP contribution in [0.4, 0.5) is 0 Å². The van der Waals surface area contributed by atoms with Crippen molar-refractivity contribution in [1.82, 2.24) is 4.90 Å². The molecule has 1 N–H and O–H groups in total. The summed E-state index contributed by atoms with van der Waals surface area (Å²) in [6.45, 7) is 5.70. The van der Waals surface area contributed by atoms with Gasteiger partial charge < -0.3 is 14.7 Å². The number of β-lactam (4-membered cyclic amide) rings is 1. The third kappa shape index (κ3) is 1.93. The van der Waals surface area contributed by atoms with E-state index in [9.17, 15) is 18.0 Å². The smallest absolute Gasteiger partial charge is 0.330 e. The van der Waals surface area contributed by atoms with Gasteiger partial charge in [-0.15, -0.1) is 0 Å². The number of carbonyl (C=O) groups excluding carboxylic acids is 2. The summed E-state index contributed by atoms with van der Waals surface area (Å²) in [5, 5.41) is 7.70. The predicted molar refractivity (Wildman–Crippen MR) is 73.7 cm³/mol. The Kier molecular flexibility index (Phi) is 3.71. The molecule has 0 aliphatic carbocycles. The SMILES string of the molecule is C=CCOC(=O)[C@@H]1N2C(=O)/C(=C\CO)[C@H]2S(=O)(=O)C1(C)C. The fourth-order valence-electron chi connectivity index (χ4n) is 2.70. The van der Waals surface area contributed by atoms with E-state index in [1.807, 2.05) is 0 Å². The lowest BCUT2D eigenvalue weighted by atomic mass is 9.95. The molecule has 0 aromatic rings. The minimum Gasteiger partial charge on any atom is -0.460 e. The van der Waals surface area contributed by atoms with Crippen LogP contribution in [-0.2, 0) is 24.2 Å². The van der Waals surface area contributed by atoms with Crippen LogP contribution in [0.15, 0.2) is 24.3 Å². The molecule has 0 aromatic heterocycles. The molecule has 2 heterocycles. The second-order valence-corrected chi connectivity index (χ2v) is 7.97. The fraction of sp³-hybridized carbons (Fsp3) is 0.538. The summed E-state index contributed by atoms with van der Waals surface area (Å²) in [5.41, 5.74) is 0.00426. The normalized spacial score (nSPS) is 30.7. The van der Waals surface area contributed by atoms with E-state index in [0.29, 0.717) is 0 Å². The summed E-state index contributed by atoms with van der Waals surface area (Å²) in [6, 6.07) is -1.20. The number of nitrogens with zero attached hydrogens (tertiary/aromatic N) is 1. The molecule has 0 bridgehead atoms. The van der Waals surface area contributed by atoms with Gasteiger partial charge in [-0.2, -0.15) is 0 Å². The minimum absolute atomic E-state index is 0.00426. The molecule has 21 heavy (non-hydrogen) atoms. The molecule has 2 fully saturated rings. The van der Waals surface area contributed by atoms with E-state index in [0.717, 1.165) is 11.0 Å². The van der Waals surface area contributed by atoms with Gasteiger partial charge in [0, 0.05) is 0 Å². The van der Waals surface area contributed by atoms with Crippen molar-refractivity contribution in [2.75, 3.05) is 13.2 Å².